The summed E-state index contributed by atoms with van der Waals surface area (Å²) in [6.07, 6.45) is 0. The van der Waals surface area contributed by atoms with E-state index in [9.17, 15) is 16.8 Å². The fourth-order valence-electron chi connectivity index (χ4n) is 5.49. The summed E-state index contributed by atoms with van der Waals surface area (Å²) in [4.78, 5) is 17.7. The number of sulfonamides is 2. The van der Waals surface area contributed by atoms with Crippen molar-refractivity contribution in [2.75, 3.05) is 8.61 Å². The Balaban J connectivity index is 0.000000162. The molecule has 0 bridgehead atoms. The highest BCUT2D eigenvalue weighted by Gasteiger charge is 2.37. The first-order valence-corrected chi connectivity index (χ1v) is 19.3. The molecule has 4 aromatic carbocycles. The van der Waals surface area contributed by atoms with Crippen molar-refractivity contribution in [2.45, 2.75) is 36.7 Å². The number of nitrogens with zero attached hydrogens (tertiary/aromatic N) is 6. The highest BCUT2D eigenvalue weighted by atomic mass is 35.5. The SMILES string of the molecule is Cc1cc(N2Cc3ccccc3S2(=O)=O)nc(Oc2ccc(Cl)cc2)n1.Cc1cc(Oc2ccc(Cl)cc2)nc(N2Cc3ccccc3S2(=O)=O)n1. The normalized spacial score (nSPS) is 14.9. The molecular formula is C36H28Cl2N6O6S2. The van der Waals surface area contributed by atoms with Crippen molar-refractivity contribution in [3.05, 3.63) is 142 Å². The zero-order valence-corrected chi connectivity index (χ0v) is 30.7. The van der Waals surface area contributed by atoms with Crippen LogP contribution in [0, 0.1) is 13.8 Å². The van der Waals surface area contributed by atoms with E-state index in [4.69, 9.17) is 32.7 Å². The van der Waals surface area contributed by atoms with Crippen LogP contribution in [0.2, 0.25) is 10.0 Å². The molecule has 2 aliphatic rings. The van der Waals surface area contributed by atoms with Crippen molar-refractivity contribution in [2.24, 2.45) is 0 Å². The minimum atomic E-state index is -3.68. The van der Waals surface area contributed by atoms with Gasteiger partial charge in [-0.15, -0.1) is 0 Å². The Morgan fingerprint density at radius 1 is 0.577 bits per heavy atom. The Bertz CT molecular complexity index is 2350. The Hall–Kier alpha value is -5.28. The third-order valence-corrected chi connectivity index (χ3v) is 12.1. The summed E-state index contributed by atoms with van der Waals surface area (Å²) in [7, 11) is -7.32. The molecule has 0 spiro atoms. The van der Waals surface area contributed by atoms with Gasteiger partial charge in [-0.05, 0) is 85.6 Å². The van der Waals surface area contributed by atoms with Gasteiger partial charge in [0.25, 0.3) is 20.0 Å². The van der Waals surface area contributed by atoms with Crippen LogP contribution < -0.4 is 18.1 Å². The molecule has 264 valence electrons. The second-order valence-electron chi connectivity index (χ2n) is 11.6. The van der Waals surface area contributed by atoms with Crippen LogP contribution in [0.1, 0.15) is 22.5 Å². The topological polar surface area (TPSA) is 145 Å². The monoisotopic (exact) mass is 774 g/mol. The molecule has 0 amide bonds. The third kappa shape index (κ3) is 7.23. The smallest absolute Gasteiger partial charge is 0.324 e. The number of aryl methyl sites for hydroxylation is 2. The predicted octanol–water partition coefficient (Wildman–Crippen LogP) is 7.88. The number of hydrogen-bond donors (Lipinski definition) is 0. The van der Waals surface area contributed by atoms with Gasteiger partial charge in [0.15, 0.2) is 0 Å². The first-order chi connectivity index (χ1) is 24.9. The first-order valence-electron chi connectivity index (χ1n) is 15.7. The predicted molar refractivity (Wildman–Crippen MR) is 196 cm³/mol. The summed E-state index contributed by atoms with van der Waals surface area (Å²) in [6.45, 7) is 3.95. The number of benzene rings is 4. The van der Waals surface area contributed by atoms with Crippen LogP contribution in [0.15, 0.2) is 119 Å². The maximum atomic E-state index is 12.8. The van der Waals surface area contributed by atoms with Crippen molar-refractivity contribution in [3.8, 4) is 23.4 Å². The Kier molecular flexibility index (Phi) is 9.48. The summed E-state index contributed by atoms with van der Waals surface area (Å²) in [5, 5.41) is 1.18. The van der Waals surface area contributed by atoms with Crippen molar-refractivity contribution in [3.63, 3.8) is 0 Å². The number of fused-ring (bicyclic) bond motifs is 2. The Morgan fingerprint density at radius 2 is 1.08 bits per heavy atom. The molecule has 0 N–H and O–H groups in total. The van der Waals surface area contributed by atoms with E-state index in [1.54, 1.807) is 111 Å². The number of halogens is 2. The third-order valence-electron chi connectivity index (χ3n) is 7.89. The summed E-state index contributed by atoms with van der Waals surface area (Å²) in [5.74, 6) is 1.69. The molecule has 16 heteroatoms. The van der Waals surface area contributed by atoms with Crippen LogP contribution >= 0.6 is 23.2 Å². The van der Waals surface area contributed by atoms with Crippen LogP contribution in [0.25, 0.3) is 0 Å². The fourth-order valence-corrected chi connectivity index (χ4v) is 8.90. The van der Waals surface area contributed by atoms with E-state index in [1.807, 2.05) is 12.1 Å². The molecule has 2 aromatic heterocycles. The molecule has 0 aliphatic carbocycles. The molecule has 0 saturated heterocycles. The molecule has 0 atom stereocenters. The molecule has 0 fully saturated rings. The average Bonchev–Trinajstić information content (AvgIpc) is 3.55. The van der Waals surface area contributed by atoms with Crippen molar-refractivity contribution >= 4 is 55.0 Å². The number of aromatic nitrogens is 4. The van der Waals surface area contributed by atoms with Crippen molar-refractivity contribution in [1.29, 1.82) is 0 Å². The zero-order chi connectivity index (χ0) is 36.6. The Labute approximate surface area is 310 Å². The molecule has 12 nitrogen and oxygen atoms in total. The molecule has 0 unspecified atom stereocenters. The van der Waals surface area contributed by atoms with Gasteiger partial charge in [-0.2, -0.15) is 9.97 Å². The molecule has 0 saturated carbocycles. The van der Waals surface area contributed by atoms with Crippen LogP contribution in [0.5, 0.6) is 23.4 Å². The van der Waals surface area contributed by atoms with Crippen LogP contribution in [0.4, 0.5) is 11.8 Å². The second kappa shape index (κ2) is 14.0. The second-order valence-corrected chi connectivity index (χ2v) is 16.2. The first kappa shape index (κ1) is 35.1. The molecule has 52 heavy (non-hydrogen) atoms. The Morgan fingerprint density at radius 3 is 1.65 bits per heavy atom. The van der Waals surface area contributed by atoms with E-state index in [-0.39, 0.29) is 41.6 Å². The van der Waals surface area contributed by atoms with Gasteiger partial charge in [0.2, 0.25) is 11.8 Å². The highest BCUT2D eigenvalue weighted by molar-refractivity contribution is 7.93. The molecule has 0 radical (unpaired) electrons. The van der Waals surface area contributed by atoms with Gasteiger partial charge < -0.3 is 9.47 Å². The molecule has 8 rings (SSSR count). The quantitative estimate of drug-likeness (QED) is 0.164. The van der Waals surface area contributed by atoms with Gasteiger partial charge in [-0.1, -0.05) is 59.6 Å². The van der Waals surface area contributed by atoms with Crippen LogP contribution in [-0.2, 0) is 33.1 Å². The van der Waals surface area contributed by atoms with Gasteiger partial charge in [-0.25, -0.2) is 35.4 Å². The van der Waals surface area contributed by atoms with Crippen molar-refractivity contribution in [1.82, 2.24) is 19.9 Å². The van der Waals surface area contributed by atoms with Crippen molar-refractivity contribution < 1.29 is 26.3 Å². The lowest BCUT2D eigenvalue weighted by atomic mass is 10.2. The van der Waals surface area contributed by atoms with Gasteiger partial charge >= 0.3 is 6.01 Å². The summed E-state index contributed by atoms with van der Waals surface area (Å²) < 4.78 is 65.1. The summed E-state index contributed by atoms with van der Waals surface area (Å²) >= 11 is 11.7. The van der Waals surface area contributed by atoms with Crippen LogP contribution in [0.3, 0.4) is 0 Å². The van der Waals surface area contributed by atoms with E-state index >= 15 is 0 Å². The molecule has 6 aromatic rings. The van der Waals surface area contributed by atoms with Crippen LogP contribution in [-0.4, -0.2) is 36.8 Å². The largest absolute Gasteiger partial charge is 0.439 e. The lowest BCUT2D eigenvalue weighted by molar-refractivity contribution is 0.440. The van der Waals surface area contributed by atoms with E-state index in [2.05, 4.69) is 19.9 Å². The van der Waals surface area contributed by atoms with Gasteiger partial charge in [0, 0.05) is 33.6 Å². The van der Waals surface area contributed by atoms with E-state index in [0.717, 1.165) is 11.1 Å². The van der Waals surface area contributed by atoms with Gasteiger partial charge in [0.1, 0.15) is 17.3 Å². The highest BCUT2D eigenvalue weighted by Crippen LogP contribution is 2.36. The number of ether oxygens (including phenoxy) is 2. The molecular weight excluding hydrogens is 747 g/mol. The zero-order valence-electron chi connectivity index (χ0n) is 27.5. The van der Waals surface area contributed by atoms with E-state index in [0.29, 0.717) is 37.8 Å². The van der Waals surface area contributed by atoms with E-state index < -0.39 is 20.0 Å². The lowest BCUT2D eigenvalue weighted by Gasteiger charge is -2.17. The lowest BCUT2D eigenvalue weighted by Crippen LogP contribution is -2.26. The number of hydrogen-bond acceptors (Lipinski definition) is 10. The molecule has 2 aliphatic heterocycles. The maximum Gasteiger partial charge on any atom is 0.324 e. The summed E-state index contributed by atoms with van der Waals surface area (Å²) in [5.41, 5.74) is 2.66. The minimum Gasteiger partial charge on any atom is -0.439 e. The standard InChI is InChI=1S/2C18H14ClN3O3S/c1-12-10-17(25-15-8-6-14(19)7-9-15)21-18(20-12)22-11-13-4-2-3-5-16(13)26(22,23)24;1-12-10-17(21-18(20-12)25-15-8-6-14(19)7-9-15)22-11-13-4-2-3-5-16(13)26(22,23)24/h2*2-10H,11H2,1H3. The van der Waals surface area contributed by atoms with Gasteiger partial charge in [0.05, 0.1) is 22.9 Å². The maximum absolute atomic E-state index is 12.8. The number of rotatable bonds is 6. The van der Waals surface area contributed by atoms with Gasteiger partial charge in [-0.3, -0.25) is 0 Å². The average molecular weight is 776 g/mol. The summed E-state index contributed by atoms with van der Waals surface area (Å²) in [6, 6.07) is 30.7. The molecule has 4 heterocycles. The fraction of sp³-hybridized carbons (Fsp3) is 0.111. The minimum absolute atomic E-state index is 0.0773. The van der Waals surface area contributed by atoms with E-state index in [1.165, 1.54) is 8.61 Å². The number of anilines is 2.